The van der Waals surface area contributed by atoms with Gasteiger partial charge in [-0.3, -0.25) is 14.9 Å². The Morgan fingerprint density at radius 1 is 1.23 bits per heavy atom. The second kappa shape index (κ2) is 8.26. The molecule has 0 fully saturated rings. The molecule has 0 spiro atoms. The number of rotatable bonds is 7. The van der Waals surface area contributed by atoms with E-state index in [2.05, 4.69) is 9.46 Å². The molecule has 2 aromatic carbocycles. The predicted octanol–water partition coefficient (Wildman–Crippen LogP) is 2.31. The van der Waals surface area contributed by atoms with Gasteiger partial charge in [-0.1, -0.05) is 35.9 Å². The summed E-state index contributed by atoms with van der Waals surface area (Å²) >= 11 is 5.80. The van der Waals surface area contributed by atoms with Crippen LogP contribution in [0.2, 0.25) is 5.02 Å². The highest BCUT2D eigenvalue weighted by atomic mass is 35.5. The van der Waals surface area contributed by atoms with Crippen molar-refractivity contribution in [3.05, 3.63) is 69.2 Å². The maximum atomic E-state index is 12.6. The molecular weight excluding hydrogens is 384 g/mol. The van der Waals surface area contributed by atoms with Crippen LogP contribution in [0.15, 0.2) is 53.4 Å². The molecule has 0 aliphatic heterocycles. The number of halogens is 1. The maximum absolute atomic E-state index is 12.6. The average molecular weight is 399 g/mol. The third-order valence-electron chi connectivity index (χ3n) is 3.49. The summed E-state index contributed by atoms with van der Waals surface area (Å²) in [5.74, 6) is -0.817. The molecule has 2 rings (SSSR count). The number of hydrogen-bond donors (Lipinski definition) is 1. The van der Waals surface area contributed by atoms with E-state index in [0.717, 1.165) is 19.2 Å². The normalized spacial score (nSPS) is 12.4. The largest absolute Gasteiger partial charge is 0.468 e. The number of carbonyl (C=O) groups is 1. The Hall–Kier alpha value is -2.49. The molecule has 0 radical (unpaired) electrons. The number of sulfonamides is 1. The van der Waals surface area contributed by atoms with E-state index in [1.807, 2.05) is 0 Å². The minimum Gasteiger partial charge on any atom is -0.468 e. The maximum Gasteiger partial charge on any atom is 0.324 e. The van der Waals surface area contributed by atoms with E-state index < -0.39 is 37.5 Å². The summed E-state index contributed by atoms with van der Waals surface area (Å²) in [6, 6.07) is 10.1. The lowest BCUT2D eigenvalue weighted by molar-refractivity contribution is -0.387. The number of hydrogen-bond acceptors (Lipinski definition) is 6. The van der Waals surface area contributed by atoms with Gasteiger partial charge in [-0.25, -0.2) is 8.42 Å². The molecule has 0 aliphatic rings. The van der Waals surface area contributed by atoms with Crippen LogP contribution in [0.1, 0.15) is 5.56 Å². The number of benzene rings is 2. The third kappa shape index (κ3) is 4.78. The van der Waals surface area contributed by atoms with Crippen molar-refractivity contribution in [2.75, 3.05) is 7.11 Å². The Morgan fingerprint density at radius 3 is 2.42 bits per heavy atom. The van der Waals surface area contributed by atoms with Gasteiger partial charge in [-0.15, -0.1) is 0 Å². The van der Waals surface area contributed by atoms with Crippen LogP contribution in [0.25, 0.3) is 0 Å². The quantitative estimate of drug-likeness (QED) is 0.434. The van der Waals surface area contributed by atoms with Crippen molar-refractivity contribution >= 4 is 33.3 Å². The van der Waals surface area contributed by atoms with Gasteiger partial charge in [0.1, 0.15) is 6.04 Å². The highest BCUT2D eigenvalue weighted by Gasteiger charge is 2.31. The molecule has 0 saturated carbocycles. The molecule has 0 aliphatic carbocycles. The monoisotopic (exact) mass is 398 g/mol. The molecule has 10 heteroatoms. The fraction of sp³-hybridized carbons (Fsp3) is 0.188. The van der Waals surface area contributed by atoms with Crippen LogP contribution in [0.4, 0.5) is 5.69 Å². The van der Waals surface area contributed by atoms with Crippen molar-refractivity contribution in [2.45, 2.75) is 17.4 Å². The minimum atomic E-state index is -4.34. The Labute approximate surface area is 154 Å². The molecule has 8 nitrogen and oxygen atoms in total. The summed E-state index contributed by atoms with van der Waals surface area (Å²) in [5.41, 5.74) is 0.0465. The zero-order valence-electron chi connectivity index (χ0n) is 13.6. The second-order valence-corrected chi connectivity index (χ2v) is 7.37. The molecule has 138 valence electrons. The first-order valence-electron chi connectivity index (χ1n) is 7.32. The van der Waals surface area contributed by atoms with Gasteiger partial charge in [0.25, 0.3) is 5.69 Å². The Kier molecular flexibility index (Phi) is 6.30. The smallest absolute Gasteiger partial charge is 0.324 e. The summed E-state index contributed by atoms with van der Waals surface area (Å²) < 4.78 is 32.0. The number of nitro benzene ring substituents is 1. The van der Waals surface area contributed by atoms with Crippen molar-refractivity contribution < 1.29 is 22.9 Å². The van der Waals surface area contributed by atoms with Crippen molar-refractivity contribution in [2.24, 2.45) is 0 Å². The Bertz CT molecular complexity index is 915. The van der Waals surface area contributed by atoms with Gasteiger partial charge < -0.3 is 4.74 Å². The van der Waals surface area contributed by atoms with E-state index in [4.69, 9.17) is 11.6 Å². The number of methoxy groups -OCH3 is 1. The number of carbonyl (C=O) groups excluding carboxylic acids is 1. The van der Waals surface area contributed by atoms with Crippen molar-refractivity contribution in [1.29, 1.82) is 0 Å². The molecule has 1 atom stereocenters. The van der Waals surface area contributed by atoms with Crippen LogP contribution < -0.4 is 4.72 Å². The van der Waals surface area contributed by atoms with Crippen LogP contribution in [-0.2, 0) is 26.0 Å². The second-order valence-electron chi connectivity index (χ2n) is 5.25. The molecule has 0 aromatic heterocycles. The Morgan fingerprint density at radius 2 is 1.85 bits per heavy atom. The van der Waals surface area contributed by atoms with E-state index in [-0.39, 0.29) is 6.42 Å². The summed E-state index contributed by atoms with van der Waals surface area (Å²) in [6.07, 6.45) is -0.0102. The number of nitrogens with zero attached hydrogens (tertiary/aromatic N) is 1. The van der Waals surface area contributed by atoms with Crippen LogP contribution in [0.3, 0.4) is 0 Å². The first kappa shape index (κ1) is 19.8. The molecular formula is C16H15ClN2O6S. The number of nitro groups is 1. The Balaban J connectivity index is 2.34. The van der Waals surface area contributed by atoms with E-state index in [0.29, 0.717) is 10.6 Å². The van der Waals surface area contributed by atoms with E-state index in [9.17, 15) is 23.3 Å². The van der Waals surface area contributed by atoms with Gasteiger partial charge >= 0.3 is 5.97 Å². The van der Waals surface area contributed by atoms with Crippen LogP contribution in [0.5, 0.6) is 0 Å². The van der Waals surface area contributed by atoms with Crippen molar-refractivity contribution in [3.63, 3.8) is 0 Å². The fourth-order valence-corrected chi connectivity index (χ4v) is 3.74. The molecule has 2 aromatic rings. The third-order valence-corrected chi connectivity index (χ3v) is 5.26. The first-order valence-corrected chi connectivity index (χ1v) is 9.18. The number of nitrogens with one attached hydrogen (secondary N) is 1. The van der Waals surface area contributed by atoms with Gasteiger partial charge in [-0.05, 0) is 30.2 Å². The fourth-order valence-electron chi connectivity index (χ4n) is 2.26. The topological polar surface area (TPSA) is 116 Å². The molecule has 0 unspecified atom stereocenters. The van der Waals surface area contributed by atoms with Gasteiger partial charge in [-0.2, -0.15) is 4.72 Å². The molecule has 26 heavy (non-hydrogen) atoms. The molecule has 0 heterocycles. The van der Waals surface area contributed by atoms with Crippen LogP contribution in [-0.4, -0.2) is 32.5 Å². The first-order chi connectivity index (χ1) is 12.2. The highest BCUT2D eigenvalue weighted by Crippen LogP contribution is 2.23. The lowest BCUT2D eigenvalue weighted by Gasteiger charge is -2.17. The van der Waals surface area contributed by atoms with E-state index in [1.54, 1.807) is 24.3 Å². The number of esters is 1. The van der Waals surface area contributed by atoms with Gasteiger partial charge in [0, 0.05) is 11.1 Å². The van der Waals surface area contributed by atoms with Gasteiger partial charge in [0.2, 0.25) is 10.0 Å². The van der Waals surface area contributed by atoms with E-state index >= 15 is 0 Å². The summed E-state index contributed by atoms with van der Waals surface area (Å²) in [5, 5.41) is 11.6. The molecule has 0 amide bonds. The zero-order valence-corrected chi connectivity index (χ0v) is 15.2. The zero-order chi connectivity index (χ0) is 19.3. The lowest BCUT2D eigenvalue weighted by atomic mass is 10.1. The van der Waals surface area contributed by atoms with Crippen LogP contribution in [0, 0.1) is 10.1 Å². The molecule has 1 N–H and O–H groups in total. The standard InChI is InChI=1S/C16H15ClN2O6S/c1-25-16(20)13(10-11-6-8-12(17)9-7-11)18-26(23,24)15-5-3-2-4-14(15)19(21)22/h2-9,13,18H,10H2,1H3/t13-/m1/s1. The van der Waals surface area contributed by atoms with Crippen molar-refractivity contribution in [3.8, 4) is 0 Å². The summed E-state index contributed by atoms with van der Waals surface area (Å²) in [6.45, 7) is 0. The van der Waals surface area contributed by atoms with Crippen molar-refractivity contribution in [1.82, 2.24) is 4.72 Å². The predicted molar refractivity (Wildman–Crippen MR) is 94.4 cm³/mol. The summed E-state index contributed by atoms with van der Waals surface area (Å²) in [4.78, 5) is 21.7. The number of ether oxygens (including phenoxy) is 1. The SMILES string of the molecule is COC(=O)[C@@H](Cc1ccc(Cl)cc1)NS(=O)(=O)c1ccccc1[N+](=O)[O-]. The lowest BCUT2D eigenvalue weighted by Crippen LogP contribution is -2.43. The van der Waals surface area contributed by atoms with Gasteiger partial charge in [0.05, 0.1) is 12.0 Å². The summed E-state index contributed by atoms with van der Waals surface area (Å²) in [7, 11) is -3.22. The molecule has 0 bridgehead atoms. The minimum absolute atomic E-state index is 0.0102. The average Bonchev–Trinajstić information content (AvgIpc) is 2.62. The highest BCUT2D eigenvalue weighted by molar-refractivity contribution is 7.89. The van der Waals surface area contributed by atoms with E-state index in [1.165, 1.54) is 12.1 Å². The number of para-hydroxylation sites is 1. The van der Waals surface area contributed by atoms with Gasteiger partial charge in [0.15, 0.2) is 4.90 Å². The van der Waals surface area contributed by atoms with Crippen LogP contribution >= 0.6 is 11.6 Å². The molecule has 0 saturated heterocycles.